The second kappa shape index (κ2) is 6.69. The highest BCUT2D eigenvalue weighted by atomic mass is 32.2. The number of rotatable bonds is 6. The van der Waals surface area contributed by atoms with Crippen LogP contribution in [0.1, 0.15) is 18.9 Å². The van der Waals surface area contributed by atoms with Crippen LogP contribution in [0.25, 0.3) is 10.4 Å². The van der Waals surface area contributed by atoms with Crippen LogP contribution in [0.3, 0.4) is 0 Å². The number of hydrogen-bond donors (Lipinski definition) is 3. The Hall–Kier alpha value is -2.68. The highest BCUT2D eigenvalue weighted by Crippen LogP contribution is 2.58. The lowest BCUT2D eigenvalue weighted by Gasteiger charge is -2.20. The molecule has 29 heavy (non-hydrogen) atoms. The fourth-order valence-electron chi connectivity index (χ4n) is 3.74. The molecule has 4 N–H and O–H groups in total. The molecule has 3 aromatic rings. The quantitative estimate of drug-likeness (QED) is 0.521. The Kier molecular flexibility index (Phi) is 4.53. The first-order chi connectivity index (χ1) is 13.7. The number of nitrogen functional groups attached to an aromatic ring is 1. The number of sulfonamides is 1. The van der Waals surface area contributed by atoms with Crippen LogP contribution < -0.4 is 10.5 Å². The Morgan fingerprint density at radius 2 is 1.83 bits per heavy atom. The summed E-state index contributed by atoms with van der Waals surface area (Å²) in [6.07, 6.45) is 0.187. The van der Waals surface area contributed by atoms with Crippen molar-refractivity contribution in [3.05, 3.63) is 72.3 Å². The Morgan fingerprint density at radius 1 is 1.10 bits per heavy atom. The molecule has 0 amide bonds. The highest BCUT2D eigenvalue weighted by Gasteiger charge is 2.72. The van der Waals surface area contributed by atoms with Crippen molar-refractivity contribution in [1.29, 1.82) is 0 Å². The molecule has 0 spiro atoms. The number of carboxylic acid groups (broad SMARTS) is 1. The van der Waals surface area contributed by atoms with Crippen LogP contribution in [0.5, 0.6) is 0 Å². The van der Waals surface area contributed by atoms with Crippen LogP contribution in [-0.2, 0) is 20.2 Å². The second-order valence-electron chi connectivity index (χ2n) is 7.44. The SMILES string of the molecule is C[C@]1(c2ccccc2)C[C@@]1(NS(=O)(=O)c1ccc(-c2cccc(N)c2)s1)C(=O)O. The maximum Gasteiger partial charge on any atom is 0.325 e. The van der Waals surface area contributed by atoms with Gasteiger partial charge in [0.2, 0.25) is 0 Å². The first-order valence-electron chi connectivity index (χ1n) is 8.97. The molecule has 0 saturated heterocycles. The molecule has 1 aliphatic carbocycles. The lowest BCUT2D eigenvalue weighted by molar-refractivity contribution is -0.140. The summed E-state index contributed by atoms with van der Waals surface area (Å²) in [5, 5.41) is 9.89. The van der Waals surface area contributed by atoms with E-state index in [1.165, 1.54) is 6.07 Å². The molecule has 0 aliphatic heterocycles. The molecule has 0 radical (unpaired) electrons. The van der Waals surface area contributed by atoms with Gasteiger partial charge in [0.05, 0.1) is 0 Å². The standard InChI is InChI=1S/C21H20N2O4S2/c1-20(15-7-3-2-4-8-15)13-21(20,19(24)25)23-29(26,27)18-11-10-17(28-18)14-6-5-9-16(22)12-14/h2-12,23H,13,22H2,1H3,(H,24,25)/t20-,21-/m1/s1. The Labute approximate surface area is 173 Å². The number of thiophene rings is 1. The third kappa shape index (κ3) is 3.23. The number of nitrogens with one attached hydrogen (secondary N) is 1. The minimum atomic E-state index is -4.02. The normalized spacial score (nSPS) is 23.6. The summed E-state index contributed by atoms with van der Waals surface area (Å²) in [5.74, 6) is -1.18. The maximum absolute atomic E-state index is 13.0. The summed E-state index contributed by atoms with van der Waals surface area (Å²) in [5.41, 5.74) is 5.60. The molecule has 1 saturated carbocycles. The topological polar surface area (TPSA) is 109 Å². The molecule has 6 nitrogen and oxygen atoms in total. The van der Waals surface area contributed by atoms with E-state index in [9.17, 15) is 18.3 Å². The van der Waals surface area contributed by atoms with Crippen LogP contribution in [0, 0.1) is 0 Å². The van der Waals surface area contributed by atoms with Crippen molar-refractivity contribution in [3.63, 3.8) is 0 Å². The highest BCUT2D eigenvalue weighted by molar-refractivity contribution is 7.91. The van der Waals surface area contributed by atoms with Gasteiger partial charge in [0.15, 0.2) is 0 Å². The minimum Gasteiger partial charge on any atom is -0.480 e. The van der Waals surface area contributed by atoms with Crippen LogP contribution in [0.4, 0.5) is 5.69 Å². The molecule has 150 valence electrons. The van der Waals surface area contributed by atoms with Gasteiger partial charge in [-0.1, -0.05) is 49.4 Å². The first-order valence-corrected chi connectivity index (χ1v) is 11.3. The van der Waals surface area contributed by atoms with E-state index < -0.39 is 26.9 Å². The summed E-state index contributed by atoms with van der Waals surface area (Å²) in [4.78, 5) is 12.8. The molecule has 1 aromatic heterocycles. The third-order valence-electron chi connectivity index (χ3n) is 5.54. The fourth-order valence-corrected chi connectivity index (χ4v) is 6.49. The van der Waals surface area contributed by atoms with Crippen molar-refractivity contribution in [2.75, 3.05) is 5.73 Å². The Bertz CT molecular complexity index is 1190. The number of carboxylic acids is 1. The van der Waals surface area contributed by atoms with Gasteiger partial charge in [-0.25, -0.2) is 8.42 Å². The predicted octanol–water partition coefficient (Wildman–Crippen LogP) is 3.46. The zero-order chi connectivity index (χ0) is 20.9. The number of anilines is 1. The molecular weight excluding hydrogens is 408 g/mol. The van der Waals surface area contributed by atoms with E-state index >= 15 is 0 Å². The smallest absolute Gasteiger partial charge is 0.325 e. The summed E-state index contributed by atoms with van der Waals surface area (Å²) in [6, 6.07) is 19.5. The van der Waals surface area contributed by atoms with Gasteiger partial charge in [0.1, 0.15) is 9.75 Å². The van der Waals surface area contributed by atoms with Gasteiger partial charge in [-0.15, -0.1) is 11.3 Å². The van der Waals surface area contributed by atoms with Crippen LogP contribution in [0.2, 0.25) is 0 Å². The zero-order valence-corrected chi connectivity index (χ0v) is 17.3. The number of carbonyl (C=O) groups is 1. The number of hydrogen-bond acceptors (Lipinski definition) is 5. The summed E-state index contributed by atoms with van der Waals surface area (Å²) < 4.78 is 28.6. The number of nitrogens with two attached hydrogens (primary N) is 1. The largest absolute Gasteiger partial charge is 0.480 e. The molecule has 1 aliphatic rings. The molecular formula is C21H20N2O4S2. The van der Waals surface area contributed by atoms with Crippen molar-refractivity contribution < 1.29 is 18.3 Å². The molecule has 0 unspecified atom stereocenters. The van der Waals surface area contributed by atoms with Crippen molar-refractivity contribution in [1.82, 2.24) is 4.72 Å². The van der Waals surface area contributed by atoms with Crippen molar-refractivity contribution in [3.8, 4) is 10.4 Å². The minimum absolute atomic E-state index is 0.0675. The second-order valence-corrected chi connectivity index (χ2v) is 10.4. The molecule has 0 bridgehead atoms. The number of benzene rings is 2. The average Bonchev–Trinajstić information content (AvgIpc) is 3.05. The Balaban J connectivity index is 1.66. The molecule has 1 fully saturated rings. The van der Waals surface area contributed by atoms with E-state index in [1.54, 1.807) is 31.2 Å². The van der Waals surface area contributed by atoms with Crippen LogP contribution >= 0.6 is 11.3 Å². The number of aliphatic carboxylic acids is 1. The zero-order valence-electron chi connectivity index (χ0n) is 15.6. The van der Waals surface area contributed by atoms with E-state index in [4.69, 9.17) is 5.73 Å². The van der Waals surface area contributed by atoms with Crippen molar-refractivity contribution >= 4 is 33.0 Å². The van der Waals surface area contributed by atoms with Gasteiger partial charge in [0.25, 0.3) is 10.0 Å². The van der Waals surface area contributed by atoms with Gasteiger partial charge in [-0.05, 0) is 41.8 Å². The monoisotopic (exact) mass is 428 g/mol. The molecule has 4 rings (SSSR count). The van der Waals surface area contributed by atoms with E-state index in [2.05, 4.69) is 4.72 Å². The predicted molar refractivity (Wildman–Crippen MR) is 113 cm³/mol. The van der Waals surface area contributed by atoms with E-state index in [0.29, 0.717) is 5.69 Å². The first kappa shape index (κ1) is 19.6. The van der Waals surface area contributed by atoms with Crippen LogP contribution in [-0.4, -0.2) is 25.0 Å². The summed E-state index contributed by atoms with van der Waals surface area (Å²) >= 11 is 1.08. The van der Waals surface area contributed by atoms with Gasteiger partial charge in [0, 0.05) is 16.0 Å². The molecule has 2 aromatic carbocycles. The van der Waals surface area contributed by atoms with Gasteiger partial charge < -0.3 is 10.8 Å². The van der Waals surface area contributed by atoms with Crippen molar-refractivity contribution in [2.24, 2.45) is 0 Å². The fraction of sp³-hybridized carbons (Fsp3) is 0.190. The van der Waals surface area contributed by atoms with E-state index in [0.717, 1.165) is 27.3 Å². The summed E-state index contributed by atoms with van der Waals surface area (Å²) in [7, 11) is -4.02. The summed E-state index contributed by atoms with van der Waals surface area (Å²) in [6.45, 7) is 1.77. The van der Waals surface area contributed by atoms with E-state index in [-0.39, 0.29) is 10.6 Å². The lowest BCUT2D eigenvalue weighted by Crippen LogP contribution is -2.47. The average molecular weight is 429 g/mol. The lowest BCUT2D eigenvalue weighted by atomic mass is 9.93. The van der Waals surface area contributed by atoms with E-state index in [1.807, 2.05) is 36.4 Å². The van der Waals surface area contributed by atoms with Crippen LogP contribution in [0.15, 0.2) is 70.9 Å². The van der Waals surface area contributed by atoms with Gasteiger partial charge in [-0.3, -0.25) is 4.79 Å². The molecule has 1 heterocycles. The van der Waals surface area contributed by atoms with Gasteiger partial charge >= 0.3 is 5.97 Å². The third-order valence-corrected chi connectivity index (χ3v) is 8.66. The van der Waals surface area contributed by atoms with Gasteiger partial charge in [-0.2, -0.15) is 4.72 Å². The maximum atomic E-state index is 13.0. The van der Waals surface area contributed by atoms with Crippen molar-refractivity contribution in [2.45, 2.75) is 28.5 Å². The molecule has 8 heteroatoms. The molecule has 2 atom stereocenters. The Morgan fingerprint density at radius 3 is 2.48 bits per heavy atom.